The van der Waals surface area contributed by atoms with Gasteiger partial charge in [0, 0.05) is 45.0 Å². The van der Waals surface area contributed by atoms with Crippen molar-refractivity contribution in [3.63, 3.8) is 0 Å². The van der Waals surface area contributed by atoms with Gasteiger partial charge in [0.2, 0.25) is 11.8 Å². The number of hydrogen-bond acceptors (Lipinski definition) is 6. The molecule has 9 nitrogen and oxygen atoms in total. The van der Waals surface area contributed by atoms with E-state index in [0.717, 1.165) is 32.7 Å². The lowest BCUT2D eigenvalue weighted by Gasteiger charge is -2.33. The molecule has 1 aliphatic heterocycles. The highest BCUT2D eigenvalue weighted by molar-refractivity contribution is 6.12. The Morgan fingerprint density at radius 3 is 2.39 bits per heavy atom. The Labute approximate surface area is 238 Å². The fourth-order valence-electron chi connectivity index (χ4n) is 5.15. The largest absolute Gasteiger partial charge is 0.496 e. The van der Waals surface area contributed by atoms with Gasteiger partial charge in [0.1, 0.15) is 17.5 Å². The number of methoxy groups -OCH3 is 1. The zero-order valence-electron chi connectivity index (χ0n) is 23.9. The average Bonchev–Trinajstić information content (AvgIpc) is 2.96. The third-order valence-corrected chi connectivity index (χ3v) is 7.51. The van der Waals surface area contributed by atoms with Crippen LogP contribution in [0.3, 0.4) is 0 Å². The third-order valence-electron chi connectivity index (χ3n) is 7.51. The molecule has 216 valence electrons. The van der Waals surface area contributed by atoms with Crippen LogP contribution < -0.4 is 15.4 Å². The number of hydrogen-bond donors (Lipinski definition) is 3. The molecule has 1 unspecified atom stereocenters. The number of carbonyl (C=O) groups is 3. The van der Waals surface area contributed by atoms with Crippen molar-refractivity contribution >= 4 is 23.5 Å². The SMILES string of the molecule is COc1cc(-c2cccc(-c3cccc(NC(=O)C4CN(C)C(=O)N(C)C4=O)c3C)c2C)cc(F)c1CNCCO. The number of aliphatic hydroxyl groups is 1. The minimum Gasteiger partial charge on any atom is -0.496 e. The predicted molar refractivity (Wildman–Crippen MR) is 155 cm³/mol. The second-order valence-electron chi connectivity index (χ2n) is 10.1. The van der Waals surface area contributed by atoms with Crippen LogP contribution in [0.15, 0.2) is 48.5 Å². The van der Waals surface area contributed by atoms with Gasteiger partial charge in [0.05, 0.1) is 13.7 Å². The molecular formula is C31H35FN4O5. The van der Waals surface area contributed by atoms with E-state index >= 15 is 4.39 Å². The minimum absolute atomic E-state index is 0.00401. The molecule has 1 heterocycles. The van der Waals surface area contributed by atoms with E-state index in [-0.39, 0.29) is 19.7 Å². The molecule has 10 heteroatoms. The van der Waals surface area contributed by atoms with E-state index in [1.54, 1.807) is 19.2 Å². The normalized spacial score (nSPS) is 15.3. The molecule has 1 saturated heterocycles. The highest BCUT2D eigenvalue weighted by Gasteiger charge is 2.39. The molecule has 0 spiro atoms. The van der Waals surface area contributed by atoms with Crippen molar-refractivity contribution in [1.29, 1.82) is 0 Å². The fraction of sp³-hybridized carbons (Fsp3) is 0.323. The minimum atomic E-state index is -1.01. The molecule has 0 radical (unpaired) electrons. The lowest BCUT2D eigenvalue weighted by atomic mass is 9.90. The maximum absolute atomic E-state index is 15.2. The third kappa shape index (κ3) is 5.94. The number of anilines is 1. The lowest BCUT2D eigenvalue weighted by Crippen LogP contribution is -2.56. The standard InChI is InChI=1S/C31H35FN4O5/c1-18-21(20-14-26(32)24(16-33-12-13-37)28(15-20)41-5)8-6-9-22(18)23-10-7-11-27(19(23)2)34-29(38)25-17-35(3)31(40)36(4)30(25)39/h6-11,14-15,25,33,37H,12-13,16-17H2,1-5H3,(H,34,38). The highest BCUT2D eigenvalue weighted by Crippen LogP contribution is 2.37. The van der Waals surface area contributed by atoms with Crippen LogP contribution in [-0.4, -0.2) is 73.7 Å². The number of benzene rings is 3. The first-order chi connectivity index (χ1) is 19.6. The summed E-state index contributed by atoms with van der Waals surface area (Å²) in [6, 6.07) is 14.2. The summed E-state index contributed by atoms with van der Waals surface area (Å²) in [7, 11) is 4.41. The Morgan fingerprint density at radius 2 is 1.71 bits per heavy atom. The Bertz CT molecular complexity index is 1490. The summed E-state index contributed by atoms with van der Waals surface area (Å²) in [4.78, 5) is 40.1. The van der Waals surface area contributed by atoms with E-state index in [1.807, 2.05) is 44.2 Å². The number of halogens is 1. The summed E-state index contributed by atoms with van der Waals surface area (Å²) >= 11 is 0. The zero-order valence-corrected chi connectivity index (χ0v) is 23.9. The van der Waals surface area contributed by atoms with Gasteiger partial charge < -0.3 is 25.4 Å². The van der Waals surface area contributed by atoms with Crippen LogP contribution in [0, 0.1) is 25.6 Å². The Hall–Kier alpha value is -4.28. The maximum Gasteiger partial charge on any atom is 0.326 e. The topological polar surface area (TPSA) is 111 Å². The smallest absolute Gasteiger partial charge is 0.326 e. The molecule has 0 bridgehead atoms. The molecule has 41 heavy (non-hydrogen) atoms. The number of rotatable bonds is 9. The number of carbonyl (C=O) groups excluding carboxylic acids is 3. The molecule has 0 aromatic heterocycles. The van der Waals surface area contributed by atoms with E-state index < -0.39 is 29.6 Å². The fourth-order valence-corrected chi connectivity index (χ4v) is 5.15. The summed E-state index contributed by atoms with van der Waals surface area (Å²) in [5.41, 5.74) is 5.92. The van der Waals surface area contributed by atoms with Crippen molar-refractivity contribution in [2.24, 2.45) is 5.92 Å². The van der Waals surface area contributed by atoms with Crippen molar-refractivity contribution in [3.05, 3.63) is 71.0 Å². The zero-order chi connectivity index (χ0) is 29.8. The Balaban J connectivity index is 1.66. The van der Waals surface area contributed by atoms with Crippen molar-refractivity contribution in [2.45, 2.75) is 20.4 Å². The summed E-state index contributed by atoms with van der Waals surface area (Å²) < 4.78 is 20.7. The first-order valence-corrected chi connectivity index (χ1v) is 13.3. The van der Waals surface area contributed by atoms with Crippen molar-refractivity contribution in [2.75, 3.05) is 46.2 Å². The van der Waals surface area contributed by atoms with Crippen LogP contribution in [-0.2, 0) is 16.1 Å². The molecule has 1 aliphatic rings. The quantitative estimate of drug-likeness (QED) is 0.269. The number of urea groups is 1. The van der Waals surface area contributed by atoms with Crippen LogP contribution in [0.5, 0.6) is 5.75 Å². The van der Waals surface area contributed by atoms with E-state index in [9.17, 15) is 14.4 Å². The van der Waals surface area contributed by atoms with Gasteiger partial charge in [-0.25, -0.2) is 9.18 Å². The Kier molecular flexibility index (Phi) is 9.05. The average molecular weight is 563 g/mol. The molecule has 0 saturated carbocycles. The van der Waals surface area contributed by atoms with Crippen molar-refractivity contribution in [1.82, 2.24) is 15.1 Å². The number of nitrogens with zero attached hydrogens (tertiary/aromatic N) is 2. The second-order valence-corrected chi connectivity index (χ2v) is 10.1. The molecule has 3 N–H and O–H groups in total. The molecule has 4 amide bonds. The first-order valence-electron chi connectivity index (χ1n) is 13.3. The summed E-state index contributed by atoms with van der Waals surface area (Å²) in [6.07, 6.45) is 0. The van der Waals surface area contributed by atoms with Gasteiger partial charge in [-0.2, -0.15) is 0 Å². The van der Waals surface area contributed by atoms with Gasteiger partial charge in [-0.1, -0.05) is 30.3 Å². The number of imide groups is 1. The lowest BCUT2D eigenvalue weighted by molar-refractivity contribution is -0.140. The molecule has 3 aromatic rings. The van der Waals surface area contributed by atoms with Gasteiger partial charge in [-0.3, -0.25) is 14.5 Å². The summed E-state index contributed by atoms with van der Waals surface area (Å²) in [5.74, 6) is -2.04. The molecule has 3 aromatic carbocycles. The Morgan fingerprint density at radius 1 is 1.05 bits per heavy atom. The predicted octanol–water partition coefficient (Wildman–Crippen LogP) is 3.95. The van der Waals surface area contributed by atoms with E-state index in [2.05, 4.69) is 10.6 Å². The molecular weight excluding hydrogens is 527 g/mol. The summed E-state index contributed by atoms with van der Waals surface area (Å²) in [5, 5.41) is 14.9. The summed E-state index contributed by atoms with van der Waals surface area (Å²) in [6.45, 7) is 4.37. The maximum atomic E-state index is 15.2. The molecule has 4 rings (SSSR count). The van der Waals surface area contributed by atoms with Crippen LogP contribution in [0.1, 0.15) is 16.7 Å². The molecule has 1 fully saturated rings. The number of ether oxygens (including phenoxy) is 1. The second kappa shape index (κ2) is 12.5. The number of amides is 4. The van der Waals surface area contributed by atoms with Crippen molar-refractivity contribution in [3.8, 4) is 28.0 Å². The van der Waals surface area contributed by atoms with E-state index in [0.29, 0.717) is 29.1 Å². The molecule has 0 aliphatic carbocycles. The number of nitrogens with one attached hydrogen (secondary N) is 2. The number of aliphatic hydroxyl groups excluding tert-OH is 1. The van der Waals surface area contributed by atoms with Gasteiger partial charge >= 0.3 is 6.03 Å². The van der Waals surface area contributed by atoms with Gasteiger partial charge in [-0.15, -0.1) is 0 Å². The van der Waals surface area contributed by atoms with Crippen LogP contribution >= 0.6 is 0 Å². The van der Waals surface area contributed by atoms with Crippen LogP contribution in [0.25, 0.3) is 22.3 Å². The van der Waals surface area contributed by atoms with Gasteiger partial charge in [0.15, 0.2) is 0 Å². The van der Waals surface area contributed by atoms with Gasteiger partial charge in [0.25, 0.3) is 0 Å². The van der Waals surface area contributed by atoms with E-state index in [1.165, 1.54) is 25.1 Å². The first kappa shape index (κ1) is 29.7. The van der Waals surface area contributed by atoms with E-state index in [4.69, 9.17) is 9.84 Å². The van der Waals surface area contributed by atoms with Crippen LogP contribution in [0.4, 0.5) is 14.9 Å². The van der Waals surface area contributed by atoms with Crippen molar-refractivity contribution < 1.29 is 28.6 Å². The highest BCUT2D eigenvalue weighted by atomic mass is 19.1. The van der Waals surface area contributed by atoms with Gasteiger partial charge in [-0.05, 0) is 65.4 Å². The van der Waals surface area contributed by atoms with Crippen LogP contribution in [0.2, 0.25) is 0 Å². The molecule has 1 atom stereocenters. The monoisotopic (exact) mass is 562 g/mol.